The van der Waals surface area contributed by atoms with E-state index in [9.17, 15) is 0 Å². The van der Waals surface area contributed by atoms with Gasteiger partial charge in [0.2, 0.25) is 0 Å². The van der Waals surface area contributed by atoms with Crippen LogP contribution in [0.5, 0.6) is 0 Å². The second-order valence-corrected chi connectivity index (χ2v) is 3.46. The third-order valence-electron chi connectivity index (χ3n) is 1.79. The first kappa shape index (κ1) is 9.42. The van der Waals surface area contributed by atoms with Crippen LogP contribution in [0.1, 0.15) is 0 Å². The molecule has 0 aliphatic rings. The van der Waals surface area contributed by atoms with E-state index in [1.54, 1.807) is 11.8 Å². The van der Waals surface area contributed by atoms with Crippen LogP contribution in [-0.4, -0.2) is 20.0 Å². The van der Waals surface area contributed by atoms with Gasteiger partial charge in [0.25, 0.3) is 0 Å². The Balaban J connectivity index is 2.77. The lowest BCUT2D eigenvalue weighted by Crippen LogP contribution is -2.24. The lowest BCUT2D eigenvalue weighted by Gasteiger charge is -2.16. The van der Waals surface area contributed by atoms with Gasteiger partial charge in [-0.05, 0) is 30.5 Å². The SMILES string of the molecule is CSc1ccc(N(C)CN)cc1. The van der Waals surface area contributed by atoms with Crippen molar-refractivity contribution in [2.45, 2.75) is 4.90 Å². The van der Waals surface area contributed by atoms with Crippen LogP contribution >= 0.6 is 11.8 Å². The summed E-state index contributed by atoms with van der Waals surface area (Å²) in [5, 5.41) is 0. The van der Waals surface area contributed by atoms with E-state index in [1.165, 1.54) is 4.90 Å². The van der Waals surface area contributed by atoms with Crippen LogP contribution in [0.3, 0.4) is 0 Å². The number of hydrogen-bond donors (Lipinski definition) is 1. The Kier molecular flexibility index (Phi) is 3.44. The Bertz CT molecular complexity index is 233. The summed E-state index contributed by atoms with van der Waals surface area (Å²) >= 11 is 1.75. The Morgan fingerprint density at radius 2 is 1.92 bits per heavy atom. The largest absolute Gasteiger partial charge is 0.362 e. The van der Waals surface area contributed by atoms with Crippen LogP contribution < -0.4 is 10.6 Å². The van der Waals surface area contributed by atoms with E-state index < -0.39 is 0 Å². The van der Waals surface area contributed by atoms with Crippen LogP contribution in [-0.2, 0) is 0 Å². The monoisotopic (exact) mass is 182 g/mol. The van der Waals surface area contributed by atoms with Crippen molar-refractivity contribution in [1.82, 2.24) is 0 Å². The summed E-state index contributed by atoms with van der Waals surface area (Å²) in [7, 11) is 1.98. The smallest absolute Gasteiger partial charge is 0.0653 e. The summed E-state index contributed by atoms with van der Waals surface area (Å²) < 4.78 is 0. The summed E-state index contributed by atoms with van der Waals surface area (Å²) in [4.78, 5) is 3.29. The Morgan fingerprint density at radius 1 is 1.33 bits per heavy atom. The molecule has 1 rings (SSSR count). The molecule has 1 aromatic carbocycles. The van der Waals surface area contributed by atoms with E-state index >= 15 is 0 Å². The molecule has 0 unspecified atom stereocenters. The zero-order valence-corrected chi connectivity index (χ0v) is 8.27. The van der Waals surface area contributed by atoms with Crippen molar-refractivity contribution in [2.75, 3.05) is 24.9 Å². The average molecular weight is 182 g/mol. The van der Waals surface area contributed by atoms with Crippen molar-refractivity contribution >= 4 is 17.4 Å². The van der Waals surface area contributed by atoms with Gasteiger partial charge < -0.3 is 10.6 Å². The number of anilines is 1. The summed E-state index contributed by atoms with van der Waals surface area (Å²) in [6.07, 6.45) is 2.07. The molecule has 0 spiro atoms. The topological polar surface area (TPSA) is 29.3 Å². The third kappa shape index (κ3) is 2.16. The predicted molar refractivity (Wildman–Crippen MR) is 55.7 cm³/mol. The molecule has 2 N–H and O–H groups in total. The summed E-state index contributed by atoms with van der Waals surface area (Å²) in [6.45, 7) is 0.554. The minimum Gasteiger partial charge on any atom is -0.362 e. The van der Waals surface area contributed by atoms with Gasteiger partial charge in [-0.3, -0.25) is 0 Å². The number of benzene rings is 1. The van der Waals surface area contributed by atoms with Crippen LogP contribution in [0.4, 0.5) is 5.69 Å². The van der Waals surface area contributed by atoms with E-state index in [2.05, 4.69) is 30.5 Å². The van der Waals surface area contributed by atoms with Crippen molar-refractivity contribution in [3.63, 3.8) is 0 Å². The predicted octanol–water partition coefficient (Wildman–Crippen LogP) is 1.76. The summed E-state index contributed by atoms with van der Waals surface area (Å²) in [6, 6.07) is 8.37. The Labute approximate surface area is 77.7 Å². The number of thioether (sulfide) groups is 1. The highest BCUT2D eigenvalue weighted by molar-refractivity contribution is 7.98. The lowest BCUT2D eigenvalue weighted by atomic mass is 10.3. The summed E-state index contributed by atoms with van der Waals surface area (Å²) in [5.41, 5.74) is 6.66. The summed E-state index contributed by atoms with van der Waals surface area (Å²) in [5.74, 6) is 0. The normalized spacial score (nSPS) is 9.92. The molecular formula is C9H14N2S. The molecule has 0 aromatic heterocycles. The number of hydrogen-bond acceptors (Lipinski definition) is 3. The fourth-order valence-corrected chi connectivity index (χ4v) is 1.35. The van der Waals surface area contributed by atoms with Crippen LogP contribution in [0.25, 0.3) is 0 Å². The van der Waals surface area contributed by atoms with Crippen molar-refractivity contribution < 1.29 is 0 Å². The highest BCUT2D eigenvalue weighted by Gasteiger charge is 1.96. The molecule has 0 fully saturated rings. The van der Waals surface area contributed by atoms with Gasteiger partial charge in [-0.15, -0.1) is 11.8 Å². The number of nitrogens with zero attached hydrogens (tertiary/aromatic N) is 1. The molecule has 1 aromatic rings. The highest BCUT2D eigenvalue weighted by Crippen LogP contribution is 2.18. The molecule has 0 bridgehead atoms. The van der Waals surface area contributed by atoms with E-state index in [-0.39, 0.29) is 0 Å². The quantitative estimate of drug-likeness (QED) is 0.570. The minimum absolute atomic E-state index is 0.554. The molecule has 2 nitrogen and oxygen atoms in total. The molecule has 0 heterocycles. The highest BCUT2D eigenvalue weighted by atomic mass is 32.2. The van der Waals surface area contributed by atoms with Gasteiger partial charge in [-0.1, -0.05) is 0 Å². The number of rotatable bonds is 3. The number of nitrogens with two attached hydrogens (primary N) is 1. The first-order chi connectivity index (χ1) is 5.77. The second-order valence-electron chi connectivity index (χ2n) is 2.58. The van der Waals surface area contributed by atoms with Gasteiger partial charge in [-0.25, -0.2) is 0 Å². The second kappa shape index (κ2) is 4.38. The van der Waals surface area contributed by atoms with Crippen molar-refractivity contribution in [1.29, 1.82) is 0 Å². The van der Waals surface area contributed by atoms with Gasteiger partial charge in [0.1, 0.15) is 0 Å². The first-order valence-electron chi connectivity index (χ1n) is 3.83. The van der Waals surface area contributed by atoms with Gasteiger partial charge in [0.05, 0.1) is 6.67 Å². The van der Waals surface area contributed by atoms with E-state index in [0.29, 0.717) is 6.67 Å². The van der Waals surface area contributed by atoms with E-state index in [0.717, 1.165) is 5.69 Å². The lowest BCUT2D eigenvalue weighted by molar-refractivity contribution is 0.932. The van der Waals surface area contributed by atoms with Gasteiger partial charge in [-0.2, -0.15) is 0 Å². The van der Waals surface area contributed by atoms with Gasteiger partial charge in [0, 0.05) is 17.6 Å². The zero-order valence-electron chi connectivity index (χ0n) is 7.45. The van der Waals surface area contributed by atoms with Crippen molar-refractivity contribution in [3.8, 4) is 0 Å². The van der Waals surface area contributed by atoms with Crippen molar-refractivity contribution in [2.24, 2.45) is 5.73 Å². The third-order valence-corrected chi connectivity index (χ3v) is 2.53. The molecule has 3 heteroatoms. The molecule has 12 heavy (non-hydrogen) atoms. The zero-order chi connectivity index (χ0) is 8.97. The van der Waals surface area contributed by atoms with E-state index in [4.69, 9.17) is 5.73 Å². The standard InChI is InChI=1S/C9H14N2S/c1-11(7-10)8-3-5-9(12-2)6-4-8/h3-6H,7,10H2,1-2H3. The molecule has 0 radical (unpaired) electrons. The first-order valence-corrected chi connectivity index (χ1v) is 5.05. The molecule has 66 valence electrons. The molecule has 0 aliphatic carbocycles. The maximum absolute atomic E-state index is 5.50. The maximum atomic E-state index is 5.50. The molecule has 0 saturated heterocycles. The van der Waals surface area contributed by atoms with Crippen molar-refractivity contribution in [3.05, 3.63) is 24.3 Å². The molecule has 0 amide bonds. The maximum Gasteiger partial charge on any atom is 0.0653 e. The molecule has 0 aliphatic heterocycles. The fraction of sp³-hybridized carbons (Fsp3) is 0.333. The average Bonchev–Trinajstić information content (AvgIpc) is 2.17. The van der Waals surface area contributed by atoms with Crippen LogP contribution in [0, 0.1) is 0 Å². The molecule has 0 saturated carbocycles. The van der Waals surface area contributed by atoms with Crippen LogP contribution in [0.2, 0.25) is 0 Å². The molecular weight excluding hydrogens is 168 g/mol. The Hall–Kier alpha value is -0.670. The minimum atomic E-state index is 0.554. The van der Waals surface area contributed by atoms with Gasteiger partial charge >= 0.3 is 0 Å². The Morgan fingerprint density at radius 3 is 2.33 bits per heavy atom. The fourth-order valence-electron chi connectivity index (χ4n) is 0.942. The van der Waals surface area contributed by atoms with E-state index in [1.807, 2.05) is 11.9 Å². The van der Waals surface area contributed by atoms with Crippen LogP contribution in [0.15, 0.2) is 29.2 Å². The molecule has 0 atom stereocenters. The van der Waals surface area contributed by atoms with Gasteiger partial charge in [0.15, 0.2) is 0 Å².